The van der Waals surface area contributed by atoms with Crippen LogP contribution < -0.4 is 10.6 Å². The molecule has 2 N–H and O–H groups in total. The van der Waals surface area contributed by atoms with Crippen LogP contribution in [0.1, 0.15) is 12.8 Å². The van der Waals surface area contributed by atoms with Crippen LogP contribution in [0.2, 0.25) is 0 Å². The number of hydrogen-bond donors (Lipinski definition) is 2. The van der Waals surface area contributed by atoms with Gasteiger partial charge in [0.25, 0.3) is 0 Å². The van der Waals surface area contributed by atoms with E-state index in [9.17, 15) is 9.59 Å². The minimum atomic E-state index is -0.808. The Kier molecular flexibility index (Phi) is 2.75. The highest BCUT2D eigenvalue weighted by Crippen LogP contribution is 2.37. The lowest BCUT2D eigenvalue weighted by Gasteiger charge is -2.42. The van der Waals surface area contributed by atoms with Crippen molar-refractivity contribution in [2.45, 2.75) is 24.4 Å². The smallest absolute Gasteiger partial charge is 0.333 e. The first-order valence-electron chi connectivity index (χ1n) is 5.46. The molecular weight excluding hydrogens is 210 g/mol. The lowest BCUT2D eigenvalue weighted by molar-refractivity contribution is -0.153. The van der Waals surface area contributed by atoms with E-state index in [1.165, 1.54) is 7.11 Å². The fourth-order valence-electron chi connectivity index (χ4n) is 2.76. The van der Waals surface area contributed by atoms with Gasteiger partial charge in [0.1, 0.15) is 0 Å². The summed E-state index contributed by atoms with van der Waals surface area (Å²) in [6.45, 7) is 1.22. The number of amides is 2. The minimum absolute atomic E-state index is 0.0906. The van der Waals surface area contributed by atoms with Gasteiger partial charge in [0.05, 0.1) is 7.11 Å². The molecule has 2 rings (SSSR count). The number of ether oxygens (including phenoxy) is 1. The van der Waals surface area contributed by atoms with Crippen LogP contribution in [-0.4, -0.2) is 55.7 Å². The normalized spacial score (nSPS) is 32.4. The van der Waals surface area contributed by atoms with Crippen molar-refractivity contribution in [2.75, 3.05) is 27.2 Å². The zero-order valence-corrected chi connectivity index (χ0v) is 9.58. The maximum atomic E-state index is 11.9. The summed E-state index contributed by atoms with van der Waals surface area (Å²) in [5.41, 5.74) is -0.808. The van der Waals surface area contributed by atoms with Crippen LogP contribution in [-0.2, 0) is 9.53 Å². The van der Waals surface area contributed by atoms with Gasteiger partial charge in [-0.1, -0.05) is 0 Å². The van der Waals surface area contributed by atoms with Crippen molar-refractivity contribution in [3.8, 4) is 0 Å². The van der Waals surface area contributed by atoms with Crippen molar-refractivity contribution in [1.29, 1.82) is 0 Å². The first kappa shape index (κ1) is 11.2. The molecule has 16 heavy (non-hydrogen) atoms. The van der Waals surface area contributed by atoms with E-state index in [1.807, 2.05) is 0 Å². The van der Waals surface area contributed by atoms with E-state index in [4.69, 9.17) is 4.74 Å². The van der Waals surface area contributed by atoms with Crippen LogP contribution in [0.3, 0.4) is 0 Å². The van der Waals surface area contributed by atoms with Gasteiger partial charge in [0.2, 0.25) is 0 Å². The van der Waals surface area contributed by atoms with Gasteiger partial charge in [-0.2, -0.15) is 0 Å². The van der Waals surface area contributed by atoms with Gasteiger partial charge in [0.15, 0.2) is 5.54 Å². The summed E-state index contributed by atoms with van der Waals surface area (Å²) in [7, 11) is 2.94. The van der Waals surface area contributed by atoms with E-state index in [0.717, 1.165) is 13.0 Å². The summed E-state index contributed by atoms with van der Waals surface area (Å²) in [6, 6.07) is -0.109. The van der Waals surface area contributed by atoms with E-state index in [0.29, 0.717) is 13.0 Å². The van der Waals surface area contributed by atoms with E-state index in [1.54, 1.807) is 11.9 Å². The Morgan fingerprint density at radius 1 is 1.56 bits per heavy atom. The van der Waals surface area contributed by atoms with Crippen molar-refractivity contribution in [2.24, 2.45) is 0 Å². The number of urea groups is 1. The zero-order chi connectivity index (χ0) is 11.8. The van der Waals surface area contributed by atoms with Crippen LogP contribution in [0.5, 0.6) is 0 Å². The zero-order valence-electron chi connectivity index (χ0n) is 9.58. The molecule has 0 saturated carbocycles. The minimum Gasteiger partial charge on any atom is -0.467 e. The van der Waals surface area contributed by atoms with Crippen LogP contribution in [0.4, 0.5) is 4.79 Å². The second-order valence-corrected chi connectivity index (χ2v) is 4.27. The van der Waals surface area contributed by atoms with Crippen LogP contribution in [0.15, 0.2) is 0 Å². The molecule has 2 saturated heterocycles. The largest absolute Gasteiger partial charge is 0.467 e. The molecule has 0 radical (unpaired) electrons. The molecule has 2 unspecified atom stereocenters. The second-order valence-electron chi connectivity index (χ2n) is 4.27. The third-order valence-corrected chi connectivity index (χ3v) is 3.51. The van der Waals surface area contributed by atoms with Crippen LogP contribution in [0, 0.1) is 0 Å². The van der Waals surface area contributed by atoms with E-state index in [-0.39, 0.29) is 18.0 Å². The van der Waals surface area contributed by atoms with Gasteiger partial charge in [-0.3, -0.25) is 0 Å². The quantitative estimate of drug-likeness (QED) is 0.581. The van der Waals surface area contributed by atoms with Crippen molar-refractivity contribution in [3.05, 3.63) is 0 Å². The average molecular weight is 227 g/mol. The maximum absolute atomic E-state index is 11.9. The number of hydrogen-bond acceptors (Lipinski definition) is 4. The molecule has 6 nitrogen and oxygen atoms in total. The average Bonchev–Trinajstić information content (AvgIpc) is 2.55. The highest BCUT2D eigenvalue weighted by molar-refractivity contribution is 5.89. The topological polar surface area (TPSA) is 70.7 Å². The number of carbonyl (C=O) groups is 2. The number of rotatable bonds is 1. The monoisotopic (exact) mass is 227 g/mol. The predicted molar refractivity (Wildman–Crippen MR) is 56.9 cm³/mol. The lowest BCUT2D eigenvalue weighted by Crippen LogP contribution is -2.67. The van der Waals surface area contributed by atoms with Gasteiger partial charge in [-0.05, 0) is 12.8 Å². The highest BCUT2D eigenvalue weighted by atomic mass is 16.5. The molecule has 0 aromatic heterocycles. The molecule has 2 fully saturated rings. The Hall–Kier alpha value is -1.30. The molecule has 0 aliphatic carbocycles. The number of carbonyl (C=O) groups excluding carboxylic acids is 2. The Morgan fingerprint density at radius 3 is 2.94 bits per heavy atom. The molecular formula is C10H17N3O3. The first-order chi connectivity index (χ1) is 7.65. The van der Waals surface area contributed by atoms with E-state index in [2.05, 4.69) is 10.6 Å². The highest BCUT2D eigenvalue weighted by Gasteiger charge is 2.56. The SMILES string of the molecule is CNC(=O)N1C2CCC1(C(=O)OC)CNC2. The van der Waals surface area contributed by atoms with Gasteiger partial charge < -0.3 is 20.3 Å². The molecule has 2 atom stereocenters. The number of nitrogens with one attached hydrogen (secondary N) is 2. The van der Waals surface area contributed by atoms with Gasteiger partial charge in [0, 0.05) is 26.2 Å². The Morgan fingerprint density at radius 2 is 2.31 bits per heavy atom. The van der Waals surface area contributed by atoms with Crippen molar-refractivity contribution in [3.63, 3.8) is 0 Å². The number of fused-ring (bicyclic) bond motifs is 2. The molecule has 0 aromatic carbocycles. The van der Waals surface area contributed by atoms with Crippen LogP contribution >= 0.6 is 0 Å². The van der Waals surface area contributed by atoms with Crippen molar-refractivity contribution >= 4 is 12.0 Å². The Balaban J connectivity index is 2.33. The fraction of sp³-hybridized carbons (Fsp3) is 0.800. The molecule has 2 aliphatic rings. The standard InChI is InChI=1S/C10H17N3O3/c1-11-9(15)13-7-3-4-10(13,6-12-5-7)8(14)16-2/h7,12H,3-6H2,1-2H3,(H,11,15). The molecule has 0 spiro atoms. The molecule has 0 aromatic rings. The van der Waals surface area contributed by atoms with Crippen molar-refractivity contribution < 1.29 is 14.3 Å². The number of nitrogens with zero attached hydrogens (tertiary/aromatic N) is 1. The van der Waals surface area contributed by atoms with E-state index >= 15 is 0 Å². The third kappa shape index (κ3) is 1.36. The first-order valence-corrected chi connectivity index (χ1v) is 5.46. The summed E-state index contributed by atoms with van der Waals surface area (Å²) in [5.74, 6) is -0.328. The summed E-state index contributed by atoms with van der Waals surface area (Å²) in [4.78, 5) is 25.4. The molecule has 6 heteroatoms. The van der Waals surface area contributed by atoms with Crippen molar-refractivity contribution in [1.82, 2.24) is 15.5 Å². The van der Waals surface area contributed by atoms with Crippen LogP contribution in [0.25, 0.3) is 0 Å². The third-order valence-electron chi connectivity index (χ3n) is 3.51. The Bertz CT molecular complexity index is 316. The summed E-state index contributed by atoms with van der Waals surface area (Å²) < 4.78 is 4.83. The van der Waals surface area contributed by atoms with E-state index < -0.39 is 5.54 Å². The lowest BCUT2D eigenvalue weighted by atomic mass is 9.96. The summed E-state index contributed by atoms with van der Waals surface area (Å²) >= 11 is 0. The summed E-state index contributed by atoms with van der Waals surface area (Å²) in [6.07, 6.45) is 1.51. The Labute approximate surface area is 94.3 Å². The fourth-order valence-corrected chi connectivity index (χ4v) is 2.76. The predicted octanol–water partition coefficient (Wildman–Crippen LogP) is -0.695. The maximum Gasteiger partial charge on any atom is 0.333 e. The molecule has 2 amide bonds. The van der Waals surface area contributed by atoms with Gasteiger partial charge >= 0.3 is 12.0 Å². The number of piperazine rings is 1. The molecule has 2 bridgehead atoms. The van der Waals surface area contributed by atoms with Gasteiger partial charge in [-0.15, -0.1) is 0 Å². The number of esters is 1. The summed E-state index contributed by atoms with van der Waals surface area (Å²) in [5, 5.41) is 5.78. The molecule has 90 valence electrons. The van der Waals surface area contributed by atoms with Gasteiger partial charge in [-0.25, -0.2) is 9.59 Å². The number of methoxy groups -OCH3 is 1. The molecule has 2 heterocycles. The molecule has 2 aliphatic heterocycles. The second kappa shape index (κ2) is 3.93.